The van der Waals surface area contributed by atoms with Gasteiger partial charge in [-0.25, -0.2) is 8.78 Å². The van der Waals surface area contributed by atoms with Crippen LogP contribution in [0.15, 0.2) is 18.2 Å². The number of nitrogens with zero attached hydrogens (tertiary/aromatic N) is 1. The molecule has 0 radical (unpaired) electrons. The molecule has 1 saturated heterocycles. The number of carbonyl (C=O) groups excluding carboxylic acids is 2. The largest absolute Gasteiger partial charge is 0.469 e. The minimum Gasteiger partial charge on any atom is -0.469 e. The van der Waals surface area contributed by atoms with Gasteiger partial charge in [-0.05, 0) is 55.7 Å². The Labute approximate surface area is 147 Å². The number of hydrogen-bond donors (Lipinski definition) is 0. The molecule has 1 aliphatic heterocycles. The van der Waals surface area contributed by atoms with Crippen molar-refractivity contribution in [3.05, 3.63) is 35.4 Å². The van der Waals surface area contributed by atoms with Crippen molar-refractivity contribution < 1.29 is 23.1 Å². The number of amides is 1. The number of likely N-dealkylation sites (tertiary alicyclic amines) is 1. The fraction of sp³-hybridized carbons (Fsp3) is 0.579. The number of carbonyl (C=O) groups is 2. The van der Waals surface area contributed by atoms with E-state index in [2.05, 4.69) is 4.74 Å². The number of benzene rings is 1. The number of rotatable bonds is 7. The lowest BCUT2D eigenvalue weighted by Gasteiger charge is -2.33. The smallest absolute Gasteiger partial charge is 0.305 e. The Morgan fingerprint density at radius 2 is 2.04 bits per heavy atom. The van der Waals surface area contributed by atoms with Gasteiger partial charge in [0.05, 0.1) is 7.11 Å². The second-order valence-electron chi connectivity index (χ2n) is 6.56. The molecule has 1 heterocycles. The molecule has 0 bridgehead atoms. The van der Waals surface area contributed by atoms with Crippen LogP contribution in [0.2, 0.25) is 0 Å². The van der Waals surface area contributed by atoms with Crippen LogP contribution in [0.25, 0.3) is 0 Å². The normalized spacial score (nSPS) is 17.4. The zero-order valence-electron chi connectivity index (χ0n) is 14.6. The molecule has 1 atom stereocenters. The number of ether oxygens (including phenoxy) is 1. The van der Waals surface area contributed by atoms with Gasteiger partial charge in [0.25, 0.3) is 0 Å². The van der Waals surface area contributed by atoms with Gasteiger partial charge in [-0.2, -0.15) is 0 Å². The predicted molar refractivity (Wildman–Crippen MR) is 89.9 cm³/mol. The second-order valence-corrected chi connectivity index (χ2v) is 6.56. The van der Waals surface area contributed by atoms with Crippen LogP contribution in [0.5, 0.6) is 0 Å². The molecular weight excluding hydrogens is 328 g/mol. The molecule has 2 rings (SSSR count). The number of esters is 1. The molecule has 25 heavy (non-hydrogen) atoms. The Balaban J connectivity index is 1.76. The maximum absolute atomic E-state index is 13.3. The summed E-state index contributed by atoms with van der Waals surface area (Å²) >= 11 is 0. The average molecular weight is 353 g/mol. The molecule has 1 fully saturated rings. The maximum atomic E-state index is 13.3. The summed E-state index contributed by atoms with van der Waals surface area (Å²) in [5, 5.41) is 0. The van der Waals surface area contributed by atoms with Crippen LogP contribution in [0, 0.1) is 17.6 Å². The zero-order valence-corrected chi connectivity index (χ0v) is 14.6. The first kappa shape index (κ1) is 19.3. The fourth-order valence-corrected chi connectivity index (χ4v) is 3.24. The van der Waals surface area contributed by atoms with E-state index >= 15 is 0 Å². The van der Waals surface area contributed by atoms with E-state index in [1.807, 2.05) is 4.90 Å². The molecule has 1 aliphatic rings. The molecule has 0 unspecified atom stereocenters. The summed E-state index contributed by atoms with van der Waals surface area (Å²) in [5.41, 5.74) is 0.778. The molecule has 1 aromatic carbocycles. The lowest BCUT2D eigenvalue weighted by Crippen LogP contribution is -2.40. The van der Waals surface area contributed by atoms with Crippen molar-refractivity contribution in [3.63, 3.8) is 0 Å². The first-order valence-corrected chi connectivity index (χ1v) is 8.78. The van der Waals surface area contributed by atoms with Crippen LogP contribution in [0.4, 0.5) is 8.78 Å². The van der Waals surface area contributed by atoms with E-state index in [0.29, 0.717) is 31.7 Å². The number of aryl methyl sites for hydroxylation is 1. The summed E-state index contributed by atoms with van der Waals surface area (Å²) < 4.78 is 30.8. The number of piperidine rings is 1. The van der Waals surface area contributed by atoms with Crippen LogP contribution >= 0.6 is 0 Å². The monoisotopic (exact) mass is 353 g/mol. The molecular formula is C19H25F2NO3. The van der Waals surface area contributed by atoms with Gasteiger partial charge in [-0.3, -0.25) is 9.59 Å². The van der Waals surface area contributed by atoms with Crippen molar-refractivity contribution in [3.8, 4) is 0 Å². The standard InChI is InChI=1S/C19H25F2NO3/c1-25-19(24)6-2-5-18(23)22-11-3-4-15(13-22)8-7-14-9-10-16(20)17(21)12-14/h9-10,12,15H,2-8,11,13H2,1H3/t15-/m0/s1. The van der Waals surface area contributed by atoms with E-state index in [0.717, 1.165) is 37.4 Å². The summed E-state index contributed by atoms with van der Waals surface area (Å²) in [5.74, 6) is -1.50. The van der Waals surface area contributed by atoms with Crippen molar-refractivity contribution in [1.29, 1.82) is 0 Å². The van der Waals surface area contributed by atoms with E-state index in [9.17, 15) is 18.4 Å². The molecule has 6 heteroatoms. The first-order chi connectivity index (χ1) is 12.0. The van der Waals surface area contributed by atoms with E-state index in [-0.39, 0.29) is 18.3 Å². The highest BCUT2D eigenvalue weighted by molar-refractivity contribution is 5.77. The first-order valence-electron chi connectivity index (χ1n) is 8.78. The molecule has 0 aromatic heterocycles. The molecule has 0 spiro atoms. The third kappa shape index (κ3) is 6.11. The Kier molecular flexibility index (Phi) is 7.34. The van der Waals surface area contributed by atoms with Crippen molar-refractivity contribution in [2.45, 2.75) is 44.9 Å². The van der Waals surface area contributed by atoms with E-state index in [1.165, 1.54) is 13.2 Å². The third-order valence-electron chi connectivity index (χ3n) is 4.70. The molecule has 138 valence electrons. The number of hydrogen-bond acceptors (Lipinski definition) is 3. The Morgan fingerprint density at radius 1 is 1.24 bits per heavy atom. The highest BCUT2D eigenvalue weighted by Crippen LogP contribution is 2.23. The quantitative estimate of drug-likeness (QED) is 0.705. The van der Waals surface area contributed by atoms with E-state index in [4.69, 9.17) is 0 Å². The molecule has 0 N–H and O–H groups in total. The van der Waals surface area contributed by atoms with E-state index in [1.54, 1.807) is 6.07 Å². The van der Waals surface area contributed by atoms with Crippen LogP contribution in [-0.4, -0.2) is 37.0 Å². The minimum absolute atomic E-state index is 0.0708. The molecule has 0 aliphatic carbocycles. The van der Waals surface area contributed by atoms with Crippen molar-refractivity contribution in [2.75, 3.05) is 20.2 Å². The van der Waals surface area contributed by atoms with Crippen molar-refractivity contribution in [1.82, 2.24) is 4.90 Å². The van der Waals surface area contributed by atoms with Gasteiger partial charge in [-0.15, -0.1) is 0 Å². The molecule has 1 aromatic rings. The maximum Gasteiger partial charge on any atom is 0.305 e. The van der Waals surface area contributed by atoms with Crippen LogP contribution in [-0.2, 0) is 20.7 Å². The highest BCUT2D eigenvalue weighted by atomic mass is 19.2. The van der Waals surface area contributed by atoms with Gasteiger partial charge in [0.15, 0.2) is 11.6 Å². The molecule has 4 nitrogen and oxygen atoms in total. The van der Waals surface area contributed by atoms with Gasteiger partial charge < -0.3 is 9.64 Å². The number of methoxy groups -OCH3 is 1. The zero-order chi connectivity index (χ0) is 18.2. The molecule has 1 amide bonds. The van der Waals surface area contributed by atoms with Gasteiger partial charge in [0.2, 0.25) is 5.91 Å². The third-order valence-corrected chi connectivity index (χ3v) is 4.70. The Hall–Kier alpha value is -1.98. The van der Waals surface area contributed by atoms with Crippen LogP contribution in [0.3, 0.4) is 0 Å². The summed E-state index contributed by atoms with van der Waals surface area (Å²) in [6, 6.07) is 4.01. The Morgan fingerprint density at radius 3 is 2.76 bits per heavy atom. The predicted octanol–water partition coefficient (Wildman–Crippen LogP) is 3.48. The SMILES string of the molecule is COC(=O)CCCC(=O)N1CCC[C@@H](CCc2ccc(F)c(F)c2)C1. The van der Waals surface area contributed by atoms with Gasteiger partial charge in [0, 0.05) is 25.9 Å². The minimum atomic E-state index is -0.829. The summed E-state index contributed by atoms with van der Waals surface area (Å²) in [7, 11) is 1.34. The average Bonchev–Trinajstić information content (AvgIpc) is 2.62. The number of halogens is 2. The lowest BCUT2D eigenvalue weighted by atomic mass is 9.91. The van der Waals surface area contributed by atoms with Crippen LogP contribution < -0.4 is 0 Å². The van der Waals surface area contributed by atoms with Gasteiger partial charge >= 0.3 is 5.97 Å². The Bertz CT molecular complexity index is 606. The lowest BCUT2D eigenvalue weighted by molar-refractivity contribution is -0.141. The summed E-state index contributed by atoms with van der Waals surface area (Å²) in [6.07, 6.45) is 4.62. The van der Waals surface area contributed by atoms with Gasteiger partial charge in [0.1, 0.15) is 0 Å². The van der Waals surface area contributed by atoms with Crippen molar-refractivity contribution >= 4 is 11.9 Å². The van der Waals surface area contributed by atoms with Crippen molar-refractivity contribution in [2.24, 2.45) is 5.92 Å². The summed E-state index contributed by atoms with van der Waals surface area (Å²) in [4.78, 5) is 25.2. The fourth-order valence-electron chi connectivity index (χ4n) is 3.24. The van der Waals surface area contributed by atoms with Crippen LogP contribution in [0.1, 0.15) is 44.1 Å². The van der Waals surface area contributed by atoms with Gasteiger partial charge in [-0.1, -0.05) is 6.07 Å². The van der Waals surface area contributed by atoms with E-state index < -0.39 is 11.6 Å². The second kappa shape index (κ2) is 9.49. The topological polar surface area (TPSA) is 46.6 Å². The highest BCUT2D eigenvalue weighted by Gasteiger charge is 2.23. The summed E-state index contributed by atoms with van der Waals surface area (Å²) in [6.45, 7) is 1.44. The molecule has 0 saturated carbocycles.